The van der Waals surface area contributed by atoms with E-state index in [4.69, 9.17) is 5.21 Å². The first-order chi connectivity index (χ1) is 14.7. The molecule has 5 nitrogen and oxygen atoms in total. The van der Waals surface area contributed by atoms with E-state index < -0.39 is 11.8 Å². The van der Waals surface area contributed by atoms with E-state index in [1.807, 2.05) is 66.7 Å². The first-order valence-corrected chi connectivity index (χ1v) is 9.55. The maximum absolute atomic E-state index is 12.8. The molecule has 0 spiro atoms. The minimum absolute atomic E-state index is 0.202. The maximum atomic E-state index is 12.8. The lowest BCUT2D eigenvalue weighted by Crippen LogP contribution is -2.27. The second-order valence-corrected chi connectivity index (χ2v) is 6.92. The van der Waals surface area contributed by atoms with Crippen LogP contribution in [-0.4, -0.2) is 17.0 Å². The molecule has 4 aromatic carbocycles. The second kappa shape index (κ2) is 8.59. The summed E-state index contributed by atoms with van der Waals surface area (Å²) in [5.41, 5.74) is 4.42. The van der Waals surface area contributed by atoms with Crippen molar-refractivity contribution in [3.05, 3.63) is 114 Å². The molecule has 3 N–H and O–H groups in total. The van der Waals surface area contributed by atoms with Gasteiger partial charge in [-0.05, 0) is 40.1 Å². The smallest absolute Gasteiger partial charge is 0.256 e. The van der Waals surface area contributed by atoms with E-state index in [2.05, 4.69) is 5.32 Å². The van der Waals surface area contributed by atoms with Gasteiger partial charge < -0.3 is 5.32 Å². The molecule has 0 heterocycles. The van der Waals surface area contributed by atoms with Crippen molar-refractivity contribution in [1.29, 1.82) is 0 Å². The van der Waals surface area contributed by atoms with Gasteiger partial charge in [0.1, 0.15) is 0 Å². The number of anilines is 1. The third-order valence-electron chi connectivity index (χ3n) is 5.04. The molecule has 0 aliphatic heterocycles. The lowest BCUT2D eigenvalue weighted by molar-refractivity contribution is -0.129. The summed E-state index contributed by atoms with van der Waals surface area (Å²) in [5, 5.41) is 14.0. The van der Waals surface area contributed by atoms with E-state index in [0.29, 0.717) is 16.8 Å². The van der Waals surface area contributed by atoms with Crippen molar-refractivity contribution in [1.82, 2.24) is 5.48 Å². The van der Waals surface area contributed by atoms with Crippen LogP contribution >= 0.6 is 0 Å². The zero-order chi connectivity index (χ0) is 20.9. The largest absolute Gasteiger partial charge is 0.322 e. The number of hydroxylamine groups is 1. The fraction of sp³-hybridized carbons (Fsp3) is 0.0400. The minimum atomic E-state index is -0.654. The van der Waals surface area contributed by atoms with Gasteiger partial charge in [-0.1, -0.05) is 78.9 Å². The fourth-order valence-corrected chi connectivity index (χ4v) is 3.59. The minimum Gasteiger partial charge on any atom is -0.322 e. The Morgan fingerprint density at radius 3 is 2.07 bits per heavy atom. The van der Waals surface area contributed by atoms with Gasteiger partial charge in [0, 0.05) is 11.3 Å². The van der Waals surface area contributed by atoms with Crippen LogP contribution in [0.2, 0.25) is 0 Å². The van der Waals surface area contributed by atoms with Crippen LogP contribution in [0.25, 0.3) is 10.8 Å². The molecule has 2 amide bonds. The number of hydrogen-bond acceptors (Lipinski definition) is 3. The van der Waals surface area contributed by atoms with Gasteiger partial charge in [-0.25, -0.2) is 5.48 Å². The highest BCUT2D eigenvalue weighted by Gasteiger charge is 2.22. The summed E-state index contributed by atoms with van der Waals surface area (Å²) in [7, 11) is 0. The standard InChI is InChI=1S/C25H20N2O3/c28-24(22-12-6-10-17-7-4-5-11-21(17)22)26-20-15-13-19(14-16-20)23(25(29)27-30)18-8-2-1-3-9-18/h1-16,23,30H,(H,26,28)(H,27,29). The number of nitrogens with one attached hydrogen (secondary N) is 2. The number of carbonyl (C=O) groups is 2. The van der Waals surface area contributed by atoms with E-state index in [9.17, 15) is 9.59 Å². The van der Waals surface area contributed by atoms with Gasteiger partial charge in [0.15, 0.2) is 0 Å². The first kappa shape index (κ1) is 19.4. The Kier molecular flexibility index (Phi) is 5.54. The summed E-state index contributed by atoms with van der Waals surface area (Å²) < 4.78 is 0. The second-order valence-electron chi connectivity index (χ2n) is 6.92. The number of benzene rings is 4. The summed E-state index contributed by atoms with van der Waals surface area (Å²) in [4.78, 5) is 25.1. The summed E-state index contributed by atoms with van der Waals surface area (Å²) in [6, 6.07) is 29.6. The molecule has 0 fully saturated rings. The molecule has 0 aliphatic rings. The van der Waals surface area contributed by atoms with E-state index in [1.54, 1.807) is 35.8 Å². The Hall–Kier alpha value is -3.96. The van der Waals surface area contributed by atoms with Crippen LogP contribution in [0.1, 0.15) is 27.4 Å². The SMILES string of the molecule is O=C(Nc1ccc(C(C(=O)NO)c2ccccc2)cc1)c1cccc2ccccc12. The van der Waals surface area contributed by atoms with Gasteiger partial charge in [0.2, 0.25) is 0 Å². The van der Waals surface area contributed by atoms with Crippen LogP contribution in [0.15, 0.2) is 97.1 Å². The Labute approximate surface area is 173 Å². The highest BCUT2D eigenvalue weighted by molar-refractivity contribution is 6.12. The van der Waals surface area contributed by atoms with Crippen LogP contribution < -0.4 is 10.8 Å². The van der Waals surface area contributed by atoms with Crippen LogP contribution in [-0.2, 0) is 4.79 Å². The molecule has 30 heavy (non-hydrogen) atoms. The molecule has 0 radical (unpaired) electrons. The van der Waals surface area contributed by atoms with Gasteiger partial charge in [-0.2, -0.15) is 0 Å². The van der Waals surface area contributed by atoms with E-state index in [1.165, 1.54) is 0 Å². The zero-order valence-electron chi connectivity index (χ0n) is 16.1. The fourth-order valence-electron chi connectivity index (χ4n) is 3.59. The Balaban J connectivity index is 1.58. The number of carbonyl (C=O) groups excluding carboxylic acids is 2. The number of rotatable bonds is 5. The third-order valence-corrected chi connectivity index (χ3v) is 5.04. The molecule has 148 valence electrons. The van der Waals surface area contributed by atoms with Crippen molar-refractivity contribution in [2.75, 3.05) is 5.32 Å². The monoisotopic (exact) mass is 396 g/mol. The topological polar surface area (TPSA) is 78.4 Å². The van der Waals surface area contributed by atoms with Crippen molar-refractivity contribution in [2.45, 2.75) is 5.92 Å². The number of hydrogen-bond donors (Lipinski definition) is 3. The average molecular weight is 396 g/mol. The molecule has 0 bridgehead atoms. The normalized spacial score (nSPS) is 11.6. The molecule has 4 aromatic rings. The number of amides is 2. The zero-order valence-corrected chi connectivity index (χ0v) is 16.1. The molecular weight excluding hydrogens is 376 g/mol. The number of fused-ring (bicyclic) bond motifs is 1. The van der Waals surface area contributed by atoms with Crippen molar-refractivity contribution in [3.8, 4) is 0 Å². The van der Waals surface area contributed by atoms with Gasteiger partial charge in [0.25, 0.3) is 11.8 Å². The van der Waals surface area contributed by atoms with Crippen LogP contribution in [0.3, 0.4) is 0 Å². The summed E-state index contributed by atoms with van der Waals surface area (Å²) in [6.45, 7) is 0. The van der Waals surface area contributed by atoms with Gasteiger partial charge in [-0.15, -0.1) is 0 Å². The van der Waals surface area contributed by atoms with Crippen LogP contribution in [0.5, 0.6) is 0 Å². The average Bonchev–Trinajstić information content (AvgIpc) is 2.80. The summed E-state index contributed by atoms with van der Waals surface area (Å²) >= 11 is 0. The van der Waals surface area contributed by atoms with E-state index in [-0.39, 0.29) is 5.91 Å². The Morgan fingerprint density at radius 2 is 1.33 bits per heavy atom. The molecular formula is C25H20N2O3. The van der Waals surface area contributed by atoms with Gasteiger partial charge >= 0.3 is 0 Å². The predicted molar refractivity (Wildman–Crippen MR) is 117 cm³/mol. The molecule has 4 rings (SSSR count). The molecule has 0 aliphatic carbocycles. The quantitative estimate of drug-likeness (QED) is 0.337. The molecule has 0 saturated carbocycles. The van der Waals surface area contributed by atoms with Gasteiger partial charge in [0.05, 0.1) is 5.92 Å². The predicted octanol–water partition coefficient (Wildman–Crippen LogP) is 4.73. The van der Waals surface area contributed by atoms with Gasteiger partial charge in [-0.3, -0.25) is 14.8 Å². The van der Waals surface area contributed by atoms with Crippen molar-refractivity contribution in [2.24, 2.45) is 0 Å². The Bertz CT molecular complexity index is 1180. The summed E-state index contributed by atoms with van der Waals surface area (Å²) in [5.74, 6) is -1.37. The van der Waals surface area contributed by atoms with Crippen molar-refractivity contribution < 1.29 is 14.8 Å². The molecule has 5 heteroatoms. The highest BCUT2D eigenvalue weighted by Crippen LogP contribution is 2.26. The maximum Gasteiger partial charge on any atom is 0.256 e. The van der Waals surface area contributed by atoms with E-state index in [0.717, 1.165) is 16.3 Å². The highest BCUT2D eigenvalue weighted by atomic mass is 16.5. The van der Waals surface area contributed by atoms with Crippen molar-refractivity contribution >= 4 is 28.3 Å². The lowest BCUT2D eigenvalue weighted by atomic mass is 9.90. The van der Waals surface area contributed by atoms with Crippen LogP contribution in [0.4, 0.5) is 5.69 Å². The summed E-state index contributed by atoms with van der Waals surface area (Å²) in [6.07, 6.45) is 0. The molecule has 0 saturated heterocycles. The van der Waals surface area contributed by atoms with Crippen LogP contribution in [0, 0.1) is 0 Å². The Morgan fingerprint density at radius 1 is 0.700 bits per heavy atom. The van der Waals surface area contributed by atoms with Crippen molar-refractivity contribution in [3.63, 3.8) is 0 Å². The third kappa shape index (κ3) is 3.92. The molecule has 1 unspecified atom stereocenters. The molecule has 0 aromatic heterocycles. The van der Waals surface area contributed by atoms with E-state index >= 15 is 0 Å². The lowest BCUT2D eigenvalue weighted by Gasteiger charge is -2.16. The first-order valence-electron chi connectivity index (χ1n) is 9.55. The molecule has 1 atom stereocenters.